The predicted octanol–water partition coefficient (Wildman–Crippen LogP) is 3.64. The topological polar surface area (TPSA) is 9.23 Å². The van der Waals surface area contributed by atoms with Gasteiger partial charge in [-0.2, -0.15) is 0 Å². The molecule has 0 N–H and O–H groups in total. The van der Waals surface area contributed by atoms with E-state index in [4.69, 9.17) is 17.0 Å². The lowest BCUT2D eigenvalue weighted by Gasteiger charge is -2.11. The van der Waals surface area contributed by atoms with Gasteiger partial charge in [0.1, 0.15) is 5.75 Å². The fraction of sp³-hybridized carbons (Fsp3) is 0.364. The number of hydrogen-bond acceptors (Lipinski definition) is 3. The average molecular weight is 226 g/mol. The Morgan fingerprint density at radius 2 is 1.71 bits per heavy atom. The van der Waals surface area contributed by atoms with Gasteiger partial charge in [0.25, 0.3) is 0 Å². The monoisotopic (exact) mass is 226 g/mol. The molecule has 1 nitrogen and oxygen atoms in total. The van der Waals surface area contributed by atoms with Gasteiger partial charge in [0.05, 0.1) is 0 Å². The Morgan fingerprint density at radius 1 is 1.21 bits per heavy atom. The summed E-state index contributed by atoms with van der Waals surface area (Å²) >= 11 is 6.48. The van der Waals surface area contributed by atoms with Gasteiger partial charge in [-0.15, -0.1) is 0 Å². The summed E-state index contributed by atoms with van der Waals surface area (Å²) in [6.45, 7) is 6.16. The normalized spacial score (nSPS) is 10.0. The van der Waals surface area contributed by atoms with Gasteiger partial charge in [-0.25, -0.2) is 0 Å². The Kier molecular flexibility index (Phi) is 3.96. The van der Waals surface area contributed by atoms with E-state index in [2.05, 4.69) is 19.1 Å². The van der Waals surface area contributed by atoms with Crippen molar-refractivity contribution >= 4 is 28.4 Å². The van der Waals surface area contributed by atoms with Crippen LogP contribution in [-0.2, 0) is 0 Å². The first-order valence-corrected chi connectivity index (χ1v) is 6.01. The van der Waals surface area contributed by atoms with Crippen LogP contribution in [0.1, 0.15) is 16.7 Å². The van der Waals surface area contributed by atoms with E-state index in [0.717, 1.165) is 16.9 Å². The van der Waals surface area contributed by atoms with Gasteiger partial charge < -0.3 is 4.74 Å². The van der Waals surface area contributed by atoms with Gasteiger partial charge in [0.15, 0.2) is 0 Å². The van der Waals surface area contributed by atoms with E-state index in [1.54, 1.807) is 0 Å². The standard InChI is InChI=1S/C11H14OS2/c1-7-5-8(2)10(9(3)6-7)12-11(13)14-4/h5-6H,1-4H3. The van der Waals surface area contributed by atoms with Crippen molar-refractivity contribution in [3.05, 3.63) is 28.8 Å². The molecule has 0 fully saturated rings. The summed E-state index contributed by atoms with van der Waals surface area (Å²) in [6, 6.07) is 4.20. The molecule has 0 aliphatic rings. The van der Waals surface area contributed by atoms with Crippen molar-refractivity contribution in [1.29, 1.82) is 0 Å². The summed E-state index contributed by atoms with van der Waals surface area (Å²) in [7, 11) is 0. The van der Waals surface area contributed by atoms with Crippen LogP contribution in [0.5, 0.6) is 5.75 Å². The minimum absolute atomic E-state index is 0.569. The van der Waals surface area contributed by atoms with Crippen LogP contribution < -0.4 is 4.74 Å². The van der Waals surface area contributed by atoms with Crippen molar-refractivity contribution in [3.63, 3.8) is 0 Å². The molecule has 0 saturated heterocycles. The van der Waals surface area contributed by atoms with Crippen molar-refractivity contribution in [2.45, 2.75) is 20.8 Å². The Morgan fingerprint density at radius 3 is 2.14 bits per heavy atom. The number of thioether (sulfide) groups is 1. The highest BCUT2D eigenvalue weighted by Crippen LogP contribution is 2.25. The van der Waals surface area contributed by atoms with E-state index >= 15 is 0 Å². The molecule has 1 rings (SSSR count). The minimum atomic E-state index is 0.569. The van der Waals surface area contributed by atoms with Crippen LogP contribution in [-0.4, -0.2) is 10.6 Å². The second-order valence-corrected chi connectivity index (χ2v) is 4.69. The molecule has 0 spiro atoms. The van der Waals surface area contributed by atoms with E-state index in [0.29, 0.717) is 4.38 Å². The largest absolute Gasteiger partial charge is 0.439 e. The van der Waals surface area contributed by atoms with Gasteiger partial charge in [0, 0.05) is 0 Å². The maximum Gasteiger partial charge on any atom is 0.225 e. The van der Waals surface area contributed by atoms with Crippen LogP contribution in [0, 0.1) is 20.8 Å². The number of rotatable bonds is 1. The summed E-state index contributed by atoms with van der Waals surface area (Å²) < 4.78 is 6.14. The molecule has 0 aliphatic heterocycles. The average Bonchev–Trinajstić information content (AvgIpc) is 2.10. The summed E-state index contributed by atoms with van der Waals surface area (Å²) in [4.78, 5) is 0. The Balaban J connectivity index is 3.02. The lowest BCUT2D eigenvalue weighted by Crippen LogP contribution is -2.02. The molecule has 1 aromatic rings. The summed E-state index contributed by atoms with van der Waals surface area (Å²) in [5.74, 6) is 0.898. The molecule has 14 heavy (non-hydrogen) atoms. The van der Waals surface area contributed by atoms with Crippen LogP contribution in [0.4, 0.5) is 0 Å². The molecular weight excluding hydrogens is 212 g/mol. The van der Waals surface area contributed by atoms with E-state index in [9.17, 15) is 0 Å². The van der Waals surface area contributed by atoms with Crippen molar-refractivity contribution in [3.8, 4) is 5.75 Å². The van der Waals surface area contributed by atoms with E-state index in [-0.39, 0.29) is 0 Å². The van der Waals surface area contributed by atoms with E-state index < -0.39 is 0 Å². The molecule has 0 bridgehead atoms. The number of ether oxygens (including phenoxy) is 1. The zero-order valence-electron chi connectivity index (χ0n) is 8.88. The first kappa shape index (κ1) is 11.5. The van der Waals surface area contributed by atoms with E-state index in [1.807, 2.05) is 20.1 Å². The predicted molar refractivity (Wildman–Crippen MR) is 67.4 cm³/mol. The second kappa shape index (κ2) is 4.80. The molecule has 0 unspecified atom stereocenters. The molecule has 0 heterocycles. The maximum atomic E-state index is 5.57. The van der Waals surface area contributed by atoms with Crippen molar-refractivity contribution in [1.82, 2.24) is 0 Å². The lowest BCUT2D eigenvalue weighted by molar-refractivity contribution is 0.568. The lowest BCUT2D eigenvalue weighted by atomic mass is 10.1. The fourth-order valence-electron chi connectivity index (χ4n) is 1.45. The van der Waals surface area contributed by atoms with Crippen LogP contribution >= 0.6 is 24.0 Å². The number of thiocarbonyl (C=S) groups is 1. The molecule has 76 valence electrons. The molecule has 0 radical (unpaired) electrons. The SMILES string of the molecule is CSC(=S)Oc1c(C)cc(C)cc1C. The van der Waals surface area contributed by atoms with E-state index in [1.165, 1.54) is 17.3 Å². The molecule has 1 aromatic carbocycles. The third kappa shape index (κ3) is 2.72. The maximum absolute atomic E-state index is 5.57. The minimum Gasteiger partial charge on any atom is -0.439 e. The summed E-state index contributed by atoms with van der Waals surface area (Å²) in [5, 5.41) is 0. The van der Waals surface area contributed by atoms with Crippen molar-refractivity contribution < 1.29 is 4.74 Å². The first-order chi connectivity index (χ1) is 6.54. The van der Waals surface area contributed by atoms with Crippen molar-refractivity contribution in [2.75, 3.05) is 6.26 Å². The Hall–Kier alpha value is -0.540. The zero-order valence-corrected chi connectivity index (χ0v) is 10.5. The number of hydrogen-bond donors (Lipinski definition) is 0. The summed E-state index contributed by atoms with van der Waals surface area (Å²) in [6.07, 6.45) is 1.92. The quantitative estimate of drug-likeness (QED) is 0.677. The fourth-order valence-corrected chi connectivity index (χ4v) is 1.70. The van der Waals surface area contributed by atoms with Gasteiger partial charge >= 0.3 is 0 Å². The third-order valence-corrected chi connectivity index (χ3v) is 2.96. The molecule has 0 saturated carbocycles. The Labute approximate surface area is 94.9 Å². The van der Waals surface area contributed by atoms with Gasteiger partial charge in [-0.3, -0.25) is 0 Å². The van der Waals surface area contributed by atoms with Crippen LogP contribution in [0.3, 0.4) is 0 Å². The van der Waals surface area contributed by atoms with Crippen LogP contribution in [0.25, 0.3) is 0 Å². The van der Waals surface area contributed by atoms with Crippen LogP contribution in [0.15, 0.2) is 12.1 Å². The summed E-state index contributed by atoms with van der Waals surface area (Å²) in [5.41, 5.74) is 3.53. The number of aryl methyl sites for hydroxylation is 3. The smallest absolute Gasteiger partial charge is 0.225 e. The van der Waals surface area contributed by atoms with Gasteiger partial charge in [-0.05, 0) is 50.4 Å². The third-order valence-electron chi connectivity index (χ3n) is 1.96. The molecule has 0 amide bonds. The molecule has 0 aromatic heterocycles. The van der Waals surface area contributed by atoms with Gasteiger partial charge in [0.2, 0.25) is 4.38 Å². The second-order valence-electron chi connectivity index (χ2n) is 3.28. The molecule has 0 atom stereocenters. The molecular formula is C11H14OS2. The first-order valence-electron chi connectivity index (χ1n) is 4.38. The van der Waals surface area contributed by atoms with Gasteiger partial charge in [-0.1, -0.05) is 29.5 Å². The number of benzene rings is 1. The van der Waals surface area contributed by atoms with Crippen LogP contribution in [0.2, 0.25) is 0 Å². The highest BCUT2D eigenvalue weighted by Gasteiger charge is 2.06. The molecule has 0 aliphatic carbocycles. The Bertz CT molecular complexity index is 335. The highest BCUT2D eigenvalue weighted by molar-refractivity contribution is 8.22. The highest BCUT2D eigenvalue weighted by atomic mass is 32.2. The van der Waals surface area contributed by atoms with Crippen molar-refractivity contribution in [2.24, 2.45) is 0 Å². The molecule has 3 heteroatoms. The zero-order chi connectivity index (χ0) is 10.7.